The van der Waals surface area contributed by atoms with Gasteiger partial charge in [-0.15, -0.1) is 0 Å². The van der Waals surface area contributed by atoms with Crippen LogP contribution in [0.4, 0.5) is 0 Å². The molecule has 0 amide bonds. The van der Waals surface area contributed by atoms with Gasteiger partial charge >= 0.3 is 14.2 Å². The SMILES string of the molecule is c1ccc(CP2COB(c3ccc(B4OCP(Cc5ccccc5)CO4)cc3)OC2)cc1. The Morgan fingerprint density at radius 3 is 1.19 bits per heavy atom. The molecule has 3 aromatic carbocycles. The zero-order valence-corrected chi connectivity index (χ0v) is 19.8. The number of rotatable bonds is 6. The van der Waals surface area contributed by atoms with Gasteiger partial charge in [-0.05, 0) is 34.4 Å². The highest BCUT2D eigenvalue weighted by Crippen LogP contribution is 2.43. The molecule has 0 bridgehead atoms. The normalized spacial score (nSPS) is 18.1. The van der Waals surface area contributed by atoms with Crippen LogP contribution >= 0.6 is 15.8 Å². The van der Waals surface area contributed by atoms with Crippen LogP contribution in [0.25, 0.3) is 0 Å². The van der Waals surface area contributed by atoms with E-state index in [-0.39, 0.29) is 30.1 Å². The molecule has 0 radical (unpaired) electrons. The minimum absolute atomic E-state index is 0.287. The molecule has 0 saturated carbocycles. The van der Waals surface area contributed by atoms with Crippen LogP contribution in [0.2, 0.25) is 0 Å². The van der Waals surface area contributed by atoms with E-state index in [0.717, 1.165) is 48.6 Å². The molecule has 2 aliphatic heterocycles. The van der Waals surface area contributed by atoms with Crippen molar-refractivity contribution >= 4 is 41.0 Å². The first-order chi connectivity index (χ1) is 15.8. The van der Waals surface area contributed by atoms with E-state index in [2.05, 4.69) is 84.9 Å². The molecule has 5 rings (SSSR count). The Kier molecular flexibility index (Phi) is 7.71. The summed E-state index contributed by atoms with van der Waals surface area (Å²) in [6, 6.07) is 29.4. The third-order valence-electron chi connectivity index (χ3n) is 5.61. The topological polar surface area (TPSA) is 36.9 Å². The highest BCUT2D eigenvalue weighted by Gasteiger charge is 2.31. The van der Waals surface area contributed by atoms with Crippen LogP contribution in [-0.4, -0.2) is 39.6 Å². The van der Waals surface area contributed by atoms with Crippen LogP contribution in [0.15, 0.2) is 84.9 Å². The number of hydrogen-bond acceptors (Lipinski definition) is 4. The first kappa shape index (κ1) is 22.3. The standard InChI is InChI=1S/C24H26B2O4P2/c1-3-7-21(8-4-1)15-31-17-27-25(28-18-31)23-11-13-24(14-12-23)26-29-19-32(20-30-26)16-22-9-5-2-6-10-22/h1-14H,15-20H2. The lowest BCUT2D eigenvalue weighted by Crippen LogP contribution is -2.43. The van der Waals surface area contributed by atoms with Gasteiger partial charge in [0.05, 0.1) is 25.4 Å². The predicted molar refractivity (Wildman–Crippen MR) is 135 cm³/mol. The van der Waals surface area contributed by atoms with Crippen LogP contribution in [0.3, 0.4) is 0 Å². The third-order valence-corrected chi connectivity index (χ3v) is 9.29. The molecule has 4 nitrogen and oxygen atoms in total. The van der Waals surface area contributed by atoms with Gasteiger partial charge in [-0.3, -0.25) is 0 Å². The summed E-state index contributed by atoms with van der Waals surface area (Å²) >= 11 is 0. The smallest absolute Gasteiger partial charge is 0.403 e. The van der Waals surface area contributed by atoms with E-state index in [1.165, 1.54) is 11.1 Å². The summed E-state index contributed by atoms with van der Waals surface area (Å²) in [5.41, 5.74) is 4.80. The lowest BCUT2D eigenvalue weighted by molar-refractivity contribution is 0.243. The summed E-state index contributed by atoms with van der Waals surface area (Å²) in [6.45, 7) is 0. The van der Waals surface area contributed by atoms with Gasteiger partial charge in [-0.2, -0.15) is 0 Å². The first-order valence-electron chi connectivity index (χ1n) is 10.9. The van der Waals surface area contributed by atoms with Gasteiger partial charge in [0.1, 0.15) is 0 Å². The summed E-state index contributed by atoms with van der Waals surface area (Å²) in [5.74, 6) is 0. The molecule has 8 heteroatoms. The van der Waals surface area contributed by atoms with Gasteiger partial charge in [0.25, 0.3) is 0 Å². The zero-order valence-electron chi connectivity index (χ0n) is 18.0. The van der Waals surface area contributed by atoms with E-state index in [4.69, 9.17) is 18.6 Å². The average molecular weight is 462 g/mol. The van der Waals surface area contributed by atoms with Crippen LogP contribution in [0.1, 0.15) is 11.1 Å². The molecule has 0 aromatic heterocycles. The molecule has 162 valence electrons. The van der Waals surface area contributed by atoms with Gasteiger partial charge in [-0.25, -0.2) is 0 Å². The molecule has 2 fully saturated rings. The molecule has 2 aliphatic rings. The van der Waals surface area contributed by atoms with Crippen LogP contribution in [0, 0.1) is 0 Å². The Balaban J connectivity index is 1.09. The fourth-order valence-electron chi connectivity index (χ4n) is 3.92. The molecule has 0 atom stereocenters. The van der Waals surface area contributed by atoms with E-state index in [1.54, 1.807) is 0 Å². The Labute approximate surface area is 193 Å². The highest BCUT2D eigenvalue weighted by molar-refractivity contribution is 7.57. The zero-order chi connectivity index (χ0) is 21.6. The van der Waals surface area contributed by atoms with E-state index >= 15 is 0 Å². The van der Waals surface area contributed by atoms with Crippen molar-refractivity contribution in [1.82, 2.24) is 0 Å². The Morgan fingerprint density at radius 2 is 0.844 bits per heavy atom. The maximum Gasteiger partial charge on any atom is 0.494 e. The molecule has 2 saturated heterocycles. The lowest BCUT2D eigenvalue weighted by Gasteiger charge is -2.29. The second-order valence-electron chi connectivity index (χ2n) is 8.14. The van der Waals surface area contributed by atoms with E-state index in [9.17, 15) is 0 Å². The van der Waals surface area contributed by atoms with Gasteiger partial charge < -0.3 is 18.6 Å². The van der Waals surface area contributed by atoms with E-state index < -0.39 is 0 Å². The maximum atomic E-state index is 6.05. The average Bonchev–Trinajstić information content (AvgIpc) is 2.86. The van der Waals surface area contributed by atoms with Crippen molar-refractivity contribution in [2.45, 2.75) is 12.3 Å². The summed E-state index contributed by atoms with van der Waals surface area (Å²) in [6.07, 6.45) is 5.19. The molecular weight excluding hydrogens is 436 g/mol. The monoisotopic (exact) mass is 462 g/mol. The summed E-state index contributed by atoms with van der Waals surface area (Å²) in [4.78, 5) is 0. The van der Waals surface area contributed by atoms with Gasteiger partial charge in [-0.1, -0.05) is 101 Å². The van der Waals surface area contributed by atoms with E-state index in [0.29, 0.717) is 0 Å². The Bertz CT molecular complexity index is 882. The maximum absolute atomic E-state index is 6.05. The van der Waals surface area contributed by atoms with Crippen molar-refractivity contribution in [1.29, 1.82) is 0 Å². The summed E-state index contributed by atoms with van der Waals surface area (Å²) < 4.78 is 24.2. The molecule has 32 heavy (non-hydrogen) atoms. The fraction of sp³-hybridized carbons (Fsp3) is 0.250. The third kappa shape index (κ3) is 5.88. The van der Waals surface area contributed by atoms with Crippen molar-refractivity contribution in [3.8, 4) is 0 Å². The van der Waals surface area contributed by atoms with Gasteiger partial charge in [0.15, 0.2) is 0 Å². The summed E-state index contributed by atoms with van der Waals surface area (Å²) in [7, 11) is -1.15. The summed E-state index contributed by atoms with van der Waals surface area (Å²) in [5, 5.41) is 0. The molecular formula is C24H26B2O4P2. The predicted octanol–water partition coefficient (Wildman–Crippen LogP) is 4.36. The van der Waals surface area contributed by atoms with Crippen LogP contribution in [-0.2, 0) is 30.9 Å². The minimum Gasteiger partial charge on any atom is -0.403 e. The van der Waals surface area contributed by atoms with Crippen LogP contribution in [0.5, 0.6) is 0 Å². The highest BCUT2D eigenvalue weighted by atomic mass is 31.1. The molecule has 0 aliphatic carbocycles. The van der Waals surface area contributed by atoms with Crippen molar-refractivity contribution in [2.24, 2.45) is 0 Å². The fourth-order valence-corrected chi connectivity index (χ4v) is 7.28. The molecule has 0 spiro atoms. The second kappa shape index (κ2) is 11.1. The number of benzene rings is 3. The van der Waals surface area contributed by atoms with Crippen molar-refractivity contribution in [3.63, 3.8) is 0 Å². The first-order valence-corrected chi connectivity index (χ1v) is 14.7. The molecule has 2 heterocycles. The van der Waals surface area contributed by atoms with Crippen LogP contribution < -0.4 is 10.9 Å². The van der Waals surface area contributed by atoms with Crippen molar-refractivity contribution in [2.75, 3.05) is 25.4 Å². The van der Waals surface area contributed by atoms with Crippen molar-refractivity contribution in [3.05, 3.63) is 96.1 Å². The van der Waals surface area contributed by atoms with Gasteiger partial charge in [0.2, 0.25) is 0 Å². The van der Waals surface area contributed by atoms with Crippen molar-refractivity contribution < 1.29 is 18.6 Å². The Morgan fingerprint density at radius 1 is 0.500 bits per heavy atom. The molecule has 0 unspecified atom stereocenters. The number of hydrogen-bond donors (Lipinski definition) is 0. The van der Waals surface area contributed by atoms with E-state index in [1.807, 2.05) is 0 Å². The Hall–Kier alpha value is -1.51. The largest absolute Gasteiger partial charge is 0.494 e. The van der Waals surface area contributed by atoms with Gasteiger partial charge in [0, 0.05) is 0 Å². The lowest BCUT2D eigenvalue weighted by atomic mass is 9.74. The quantitative estimate of drug-likeness (QED) is 0.403. The second-order valence-corrected chi connectivity index (χ2v) is 12.5. The molecule has 3 aromatic rings. The minimum atomic E-state index is -0.287. The molecule has 0 N–H and O–H groups in total.